The summed E-state index contributed by atoms with van der Waals surface area (Å²) in [6.45, 7) is 6.87. The highest BCUT2D eigenvalue weighted by Gasteiger charge is 2.36. The molecule has 0 radical (unpaired) electrons. The molecule has 1 heterocycles. The van der Waals surface area contributed by atoms with Crippen LogP contribution in [0.15, 0.2) is 24.3 Å². The van der Waals surface area contributed by atoms with Crippen molar-refractivity contribution >= 4 is 5.69 Å². The molecule has 3 rings (SSSR count). The predicted octanol–water partition coefficient (Wildman–Crippen LogP) is 2.96. The van der Waals surface area contributed by atoms with Gasteiger partial charge in [0.2, 0.25) is 0 Å². The van der Waals surface area contributed by atoms with Gasteiger partial charge in [0.05, 0.1) is 0 Å². The molecule has 1 N–H and O–H groups in total. The van der Waals surface area contributed by atoms with Crippen LogP contribution < -0.4 is 10.2 Å². The van der Waals surface area contributed by atoms with Gasteiger partial charge in [0, 0.05) is 30.9 Å². The van der Waals surface area contributed by atoms with Crippen molar-refractivity contribution in [3.05, 3.63) is 29.8 Å². The van der Waals surface area contributed by atoms with E-state index in [-0.39, 0.29) is 0 Å². The van der Waals surface area contributed by atoms with E-state index in [4.69, 9.17) is 0 Å². The van der Waals surface area contributed by atoms with E-state index in [9.17, 15) is 0 Å². The lowest BCUT2D eigenvalue weighted by atomic mass is 10.0. The third-order valence-electron chi connectivity index (χ3n) is 4.54. The summed E-state index contributed by atoms with van der Waals surface area (Å²) in [6, 6.07) is 10.2. The normalized spacial score (nSPS) is 28.4. The van der Waals surface area contributed by atoms with Crippen LogP contribution >= 0.6 is 0 Å². The largest absolute Gasteiger partial charge is 0.365 e. The Morgan fingerprint density at radius 2 is 2.06 bits per heavy atom. The number of aryl methyl sites for hydroxylation is 1. The second-order valence-electron chi connectivity index (χ2n) is 5.85. The molecule has 1 aliphatic carbocycles. The molecule has 1 aliphatic heterocycles. The zero-order valence-corrected chi connectivity index (χ0v) is 11.5. The Hall–Kier alpha value is -1.02. The molecule has 2 atom stereocenters. The number of hydrogen-bond acceptors (Lipinski definition) is 2. The van der Waals surface area contributed by atoms with Gasteiger partial charge >= 0.3 is 0 Å². The van der Waals surface area contributed by atoms with Crippen LogP contribution in [-0.4, -0.2) is 25.2 Å². The lowest BCUT2D eigenvalue weighted by Gasteiger charge is -2.42. The first-order valence-corrected chi connectivity index (χ1v) is 7.35. The maximum Gasteiger partial charge on any atom is 0.0412 e. The Morgan fingerprint density at radius 3 is 2.72 bits per heavy atom. The summed E-state index contributed by atoms with van der Waals surface area (Å²) >= 11 is 0. The molecule has 0 spiro atoms. The van der Waals surface area contributed by atoms with Gasteiger partial charge in [-0.05, 0) is 43.7 Å². The van der Waals surface area contributed by atoms with E-state index in [2.05, 4.69) is 48.3 Å². The molecule has 2 nitrogen and oxygen atoms in total. The van der Waals surface area contributed by atoms with Gasteiger partial charge in [-0.15, -0.1) is 0 Å². The van der Waals surface area contributed by atoms with Crippen LogP contribution in [0.4, 0.5) is 5.69 Å². The minimum absolute atomic E-state index is 0.654. The first-order chi connectivity index (χ1) is 8.79. The van der Waals surface area contributed by atoms with Crippen LogP contribution in [0, 0.1) is 12.8 Å². The standard InChI is InChI=1S/C16H24N2/c1-3-14-10-17-15(13-8-9-13)11-18(14)16-7-5-4-6-12(16)2/h4-7,13-15,17H,3,8-11H2,1-2H3. The highest BCUT2D eigenvalue weighted by molar-refractivity contribution is 5.54. The van der Waals surface area contributed by atoms with E-state index < -0.39 is 0 Å². The van der Waals surface area contributed by atoms with Crippen molar-refractivity contribution in [2.24, 2.45) is 5.92 Å². The van der Waals surface area contributed by atoms with Crippen LogP contribution in [-0.2, 0) is 0 Å². The van der Waals surface area contributed by atoms with E-state index in [1.54, 1.807) is 0 Å². The Morgan fingerprint density at radius 1 is 1.28 bits per heavy atom. The summed E-state index contributed by atoms with van der Waals surface area (Å²) in [4.78, 5) is 2.65. The van der Waals surface area contributed by atoms with Crippen molar-refractivity contribution in [3.8, 4) is 0 Å². The van der Waals surface area contributed by atoms with Crippen LogP contribution in [0.25, 0.3) is 0 Å². The topological polar surface area (TPSA) is 15.3 Å². The van der Waals surface area contributed by atoms with Gasteiger partial charge in [0.25, 0.3) is 0 Å². The fraction of sp³-hybridized carbons (Fsp3) is 0.625. The third-order valence-corrected chi connectivity index (χ3v) is 4.54. The fourth-order valence-corrected chi connectivity index (χ4v) is 3.18. The second-order valence-corrected chi connectivity index (χ2v) is 5.85. The molecule has 18 heavy (non-hydrogen) atoms. The summed E-state index contributed by atoms with van der Waals surface area (Å²) in [7, 11) is 0. The number of benzene rings is 1. The van der Waals surface area contributed by atoms with Gasteiger partial charge < -0.3 is 10.2 Å². The molecular formula is C16H24N2. The average Bonchev–Trinajstić information content (AvgIpc) is 3.23. The number of hydrogen-bond donors (Lipinski definition) is 1. The highest BCUT2D eigenvalue weighted by Crippen LogP contribution is 2.36. The molecule has 98 valence electrons. The molecule has 0 bridgehead atoms. The van der Waals surface area contributed by atoms with Crippen molar-refractivity contribution in [1.82, 2.24) is 5.32 Å². The van der Waals surface area contributed by atoms with Crippen molar-refractivity contribution < 1.29 is 0 Å². The van der Waals surface area contributed by atoms with Crippen molar-refractivity contribution in [3.63, 3.8) is 0 Å². The van der Waals surface area contributed by atoms with E-state index in [1.165, 1.54) is 37.1 Å². The summed E-state index contributed by atoms with van der Waals surface area (Å²) in [5.41, 5.74) is 2.85. The Balaban J connectivity index is 1.83. The average molecular weight is 244 g/mol. The lowest BCUT2D eigenvalue weighted by molar-refractivity contribution is 0.359. The summed E-state index contributed by atoms with van der Waals surface area (Å²) in [5.74, 6) is 0.939. The zero-order chi connectivity index (χ0) is 12.5. The van der Waals surface area contributed by atoms with E-state index >= 15 is 0 Å². The van der Waals surface area contributed by atoms with Gasteiger partial charge in [-0.2, -0.15) is 0 Å². The first kappa shape index (κ1) is 12.0. The monoisotopic (exact) mass is 244 g/mol. The predicted molar refractivity (Wildman–Crippen MR) is 77.1 cm³/mol. The summed E-state index contributed by atoms with van der Waals surface area (Å²) in [6.07, 6.45) is 4.07. The fourth-order valence-electron chi connectivity index (χ4n) is 3.18. The molecular weight excluding hydrogens is 220 g/mol. The van der Waals surface area contributed by atoms with Gasteiger partial charge in [-0.25, -0.2) is 0 Å². The number of rotatable bonds is 3. The van der Waals surface area contributed by atoms with Crippen molar-refractivity contribution in [1.29, 1.82) is 0 Å². The molecule has 2 heteroatoms. The zero-order valence-electron chi connectivity index (χ0n) is 11.5. The highest BCUT2D eigenvalue weighted by atomic mass is 15.2. The SMILES string of the molecule is CCC1CNC(C2CC2)CN1c1ccccc1C. The molecule has 0 aromatic heterocycles. The molecule has 2 unspecified atom stereocenters. The first-order valence-electron chi connectivity index (χ1n) is 7.35. The van der Waals surface area contributed by atoms with Crippen LogP contribution in [0.3, 0.4) is 0 Å². The Kier molecular flexibility index (Phi) is 3.29. The van der Waals surface area contributed by atoms with Gasteiger partial charge in [-0.3, -0.25) is 0 Å². The minimum atomic E-state index is 0.654. The second kappa shape index (κ2) is 4.93. The van der Waals surface area contributed by atoms with Crippen LogP contribution in [0.2, 0.25) is 0 Å². The smallest absolute Gasteiger partial charge is 0.0412 e. The molecule has 1 saturated carbocycles. The number of nitrogens with zero attached hydrogens (tertiary/aromatic N) is 1. The van der Waals surface area contributed by atoms with Gasteiger partial charge in [0.1, 0.15) is 0 Å². The molecule has 1 saturated heterocycles. The molecule has 1 aromatic rings. The third kappa shape index (κ3) is 2.26. The number of nitrogens with one attached hydrogen (secondary N) is 1. The van der Waals surface area contributed by atoms with Crippen molar-refractivity contribution in [2.75, 3.05) is 18.0 Å². The molecule has 2 aliphatic rings. The van der Waals surface area contributed by atoms with Crippen LogP contribution in [0.1, 0.15) is 31.7 Å². The lowest BCUT2D eigenvalue weighted by Crippen LogP contribution is -2.57. The summed E-state index contributed by atoms with van der Waals surface area (Å²) < 4.78 is 0. The Labute approximate surface area is 110 Å². The maximum atomic E-state index is 3.76. The molecule has 0 amide bonds. The molecule has 2 fully saturated rings. The quantitative estimate of drug-likeness (QED) is 0.879. The molecule has 1 aromatic carbocycles. The van der Waals surface area contributed by atoms with Crippen molar-refractivity contribution in [2.45, 2.75) is 45.2 Å². The van der Waals surface area contributed by atoms with Crippen LogP contribution in [0.5, 0.6) is 0 Å². The maximum absolute atomic E-state index is 3.76. The van der Waals surface area contributed by atoms with E-state index in [0.29, 0.717) is 12.1 Å². The van der Waals surface area contributed by atoms with Gasteiger partial charge in [-0.1, -0.05) is 25.1 Å². The Bertz CT molecular complexity index is 411. The van der Waals surface area contributed by atoms with E-state index in [1.807, 2.05) is 0 Å². The minimum Gasteiger partial charge on any atom is -0.365 e. The number of anilines is 1. The van der Waals surface area contributed by atoms with Gasteiger partial charge in [0.15, 0.2) is 0 Å². The van der Waals surface area contributed by atoms with E-state index in [0.717, 1.165) is 12.5 Å². The number of para-hydroxylation sites is 1. The summed E-state index contributed by atoms with van der Waals surface area (Å²) in [5, 5.41) is 3.76. The number of piperazine rings is 1.